The predicted octanol–water partition coefficient (Wildman–Crippen LogP) is 0.587. The van der Waals surface area contributed by atoms with Gasteiger partial charge >= 0.3 is 5.97 Å². The van der Waals surface area contributed by atoms with Crippen LogP contribution in [0.4, 0.5) is 8.78 Å². The number of carbonyl (C=O) groups excluding carboxylic acids is 1. The highest BCUT2D eigenvalue weighted by Crippen LogP contribution is 2.22. The van der Waals surface area contributed by atoms with Crippen molar-refractivity contribution in [2.24, 2.45) is 0 Å². The van der Waals surface area contributed by atoms with E-state index in [-0.39, 0.29) is 30.0 Å². The van der Waals surface area contributed by atoms with E-state index in [1.54, 1.807) is 0 Å². The number of benzene rings is 1. The second-order valence-electron chi connectivity index (χ2n) is 5.49. The van der Waals surface area contributed by atoms with Crippen LogP contribution in [0.5, 0.6) is 0 Å². The maximum absolute atomic E-state index is 13.3. The average molecular weight is 346 g/mol. The van der Waals surface area contributed by atoms with E-state index in [0.717, 1.165) is 12.1 Å². The Morgan fingerprint density at radius 2 is 1.78 bits per heavy atom. The molecule has 0 spiro atoms. The van der Waals surface area contributed by atoms with Crippen molar-refractivity contribution in [1.29, 1.82) is 0 Å². The Labute approximate surface area is 132 Å². The van der Waals surface area contributed by atoms with Crippen molar-refractivity contribution in [1.82, 2.24) is 9.21 Å². The molecule has 1 aromatic carbocycles. The molecule has 1 aromatic rings. The molecule has 1 unspecified atom stereocenters. The van der Waals surface area contributed by atoms with E-state index in [0.29, 0.717) is 32.2 Å². The first-order chi connectivity index (χ1) is 10.9. The summed E-state index contributed by atoms with van der Waals surface area (Å²) in [5, 5.41) is 0. The first kappa shape index (κ1) is 16.3. The van der Waals surface area contributed by atoms with E-state index in [1.807, 2.05) is 4.90 Å². The summed E-state index contributed by atoms with van der Waals surface area (Å²) in [5.74, 6) is -2.56. The summed E-state index contributed by atoms with van der Waals surface area (Å²) in [6.45, 7) is 1.54. The molecule has 2 aliphatic heterocycles. The van der Waals surface area contributed by atoms with Gasteiger partial charge in [-0.15, -0.1) is 0 Å². The number of ether oxygens (including phenoxy) is 1. The summed E-state index contributed by atoms with van der Waals surface area (Å²) < 4.78 is 57.3. The van der Waals surface area contributed by atoms with Gasteiger partial charge in [-0.1, -0.05) is 0 Å². The van der Waals surface area contributed by atoms with Gasteiger partial charge in [0.25, 0.3) is 0 Å². The fraction of sp³-hybridized carbons (Fsp3) is 0.500. The van der Waals surface area contributed by atoms with Crippen molar-refractivity contribution < 1.29 is 26.7 Å². The van der Waals surface area contributed by atoms with Gasteiger partial charge in [0.15, 0.2) is 11.6 Å². The largest absolute Gasteiger partial charge is 0.464 e. The molecule has 126 valence electrons. The molecule has 0 N–H and O–H groups in total. The summed E-state index contributed by atoms with van der Waals surface area (Å²) in [5.41, 5.74) is 0. The van der Waals surface area contributed by atoms with Crippen LogP contribution in [-0.2, 0) is 19.6 Å². The molecular formula is C14H16F2N2O4S. The van der Waals surface area contributed by atoms with Gasteiger partial charge in [-0.2, -0.15) is 4.31 Å². The van der Waals surface area contributed by atoms with E-state index in [9.17, 15) is 22.0 Å². The van der Waals surface area contributed by atoms with Gasteiger partial charge in [-0.3, -0.25) is 9.69 Å². The number of piperazine rings is 1. The fourth-order valence-corrected chi connectivity index (χ4v) is 4.29. The Morgan fingerprint density at radius 1 is 1.09 bits per heavy atom. The summed E-state index contributed by atoms with van der Waals surface area (Å²) in [4.78, 5) is 13.2. The molecule has 6 nitrogen and oxygen atoms in total. The summed E-state index contributed by atoms with van der Waals surface area (Å²) >= 11 is 0. The fourth-order valence-electron chi connectivity index (χ4n) is 2.86. The topological polar surface area (TPSA) is 66.9 Å². The monoisotopic (exact) mass is 346 g/mol. The van der Waals surface area contributed by atoms with Gasteiger partial charge < -0.3 is 4.74 Å². The molecule has 3 rings (SSSR count). The molecule has 2 fully saturated rings. The molecule has 23 heavy (non-hydrogen) atoms. The van der Waals surface area contributed by atoms with Gasteiger partial charge in [0.05, 0.1) is 11.5 Å². The van der Waals surface area contributed by atoms with Crippen LogP contribution in [0, 0.1) is 11.6 Å². The minimum absolute atomic E-state index is 0.186. The number of esters is 1. The molecule has 0 saturated carbocycles. The second-order valence-corrected chi connectivity index (χ2v) is 7.43. The van der Waals surface area contributed by atoms with E-state index < -0.39 is 21.7 Å². The van der Waals surface area contributed by atoms with Crippen LogP contribution < -0.4 is 0 Å². The third-order valence-corrected chi connectivity index (χ3v) is 6.05. The number of halogens is 2. The zero-order valence-electron chi connectivity index (χ0n) is 12.2. The number of hydrogen-bond donors (Lipinski definition) is 0. The number of rotatable bonds is 3. The van der Waals surface area contributed by atoms with Crippen LogP contribution in [0.1, 0.15) is 6.42 Å². The highest BCUT2D eigenvalue weighted by atomic mass is 32.2. The van der Waals surface area contributed by atoms with Gasteiger partial charge in [0, 0.05) is 32.6 Å². The maximum Gasteiger partial charge on any atom is 0.323 e. The Hall–Kier alpha value is -1.58. The van der Waals surface area contributed by atoms with Gasteiger partial charge in [-0.25, -0.2) is 17.2 Å². The summed E-state index contributed by atoms with van der Waals surface area (Å²) in [7, 11) is -3.88. The van der Waals surface area contributed by atoms with Crippen molar-refractivity contribution in [2.45, 2.75) is 17.4 Å². The van der Waals surface area contributed by atoms with Crippen molar-refractivity contribution >= 4 is 16.0 Å². The lowest BCUT2D eigenvalue weighted by Gasteiger charge is -2.35. The first-order valence-corrected chi connectivity index (χ1v) is 8.69. The van der Waals surface area contributed by atoms with Gasteiger partial charge in [0.2, 0.25) is 10.0 Å². The molecule has 0 amide bonds. The Kier molecular flexibility index (Phi) is 4.35. The van der Waals surface area contributed by atoms with Crippen LogP contribution in [0.2, 0.25) is 0 Å². The van der Waals surface area contributed by atoms with Crippen molar-refractivity contribution in [2.75, 3.05) is 32.8 Å². The Bertz CT molecular complexity index is 717. The molecule has 2 aliphatic rings. The zero-order valence-corrected chi connectivity index (χ0v) is 13.1. The normalized spacial score (nSPS) is 23.9. The first-order valence-electron chi connectivity index (χ1n) is 7.25. The minimum Gasteiger partial charge on any atom is -0.464 e. The lowest BCUT2D eigenvalue weighted by Crippen LogP contribution is -2.52. The number of cyclic esters (lactones) is 1. The quantitative estimate of drug-likeness (QED) is 0.750. The average Bonchev–Trinajstić information content (AvgIpc) is 2.96. The minimum atomic E-state index is -3.88. The number of carbonyl (C=O) groups is 1. The van der Waals surface area contributed by atoms with E-state index >= 15 is 0 Å². The molecule has 0 aromatic heterocycles. The second kappa shape index (κ2) is 6.14. The molecule has 0 aliphatic carbocycles. The van der Waals surface area contributed by atoms with Gasteiger partial charge in [0.1, 0.15) is 6.04 Å². The highest BCUT2D eigenvalue weighted by molar-refractivity contribution is 7.89. The van der Waals surface area contributed by atoms with Crippen LogP contribution in [0.25, 0.3) is 0 Å². The number of hydrogen-bond acceptors (Lipinski definition) is 5. The third-order valence-electron chi connectivity index (χ3n) is 4.15. The summed E-state index contributed by atoms with van der Waals surface area (Å²) in [6, 6.07) is 2.22. The van der Waals surface area contributed by atoms with Crippen molar-refractivity contribution in [3.05, 3.63) is 29.8 Å². The third kappa shape index (κ3) is 3.08. The van der Waals surface area contributed by atoms with Gasteiger partial charge in [-0.05, 0) is 18.2 Å². The maximum atomic E-state index is 13.3. The van der Waals surface area contributed by atoms with Crippen LogP contribution in [0.15, 0.2) is 23.1 Å². The molecule has 2 heterocycles. The molecule has 0 radical (unpaired) electrons. The molecule has 1 atom stereocenters. The summed E-state index contributed by atoms with van der Waals surface area (Å²) in [6.07, 6.45) is 0.606. The smallest absolute Gasteiger partial charge is 0.323 e. The molecule has 0 bridgehead atoms. The van der Waals surface area contributed by atoms with Crippen molar-refractivity contribution in [3.63, 3.8) is 0 Å². The molecule has 2 saturated heterocycles. The van der Waals surface area contributed by atoms with E-state index in [4.69, 9.17) is 4.74 Å². The van der Waals surface area contributed by atoms with E-state index in [2.05, 4.69) is 0 Å². The lowest BCUT2D eigenvalue weighted by atomic mass is 10.2. The van der Waals surface area contributed by atoms with Crippen LogP contribution >= 0.6 is 0 Å². The zero-order chi connectivity index (χ0) is 16.6. The standard InChI is InChI=1S/C14H16F2N2O4S/c15-11-2-1-10(9-12(11)16)23(20,21)18-6-4-17(5-7-18)13-3-8-22-14(13)19/h1-2,9,13H,3-8H2. The molecular weight excluding hydrogens is 330 g/mol. The highest BCUT2D eigenvalue weighted by Gasteiger charge is 2.36. The number of sulfonamides is 1. The Morgan fingerprint density at radius 3 is 2.35 bits per heavy atom. The number of nitrogens with zero attached hydrogens (tertiary/aromatic N) is 2. The predicted molar refractivity (Wildman–Crippen MR) is 76.1 cm³/mol. The van der Waals surface area contributed by atoms with Crippen LogP contribution in [-0.4, -0.2) is 62.4 Å². The van der Waals surface area contributed by atoms with E-state index in [1.165, 1.54) is 4.31 Å². The van der Waals surface area contributed by atoms with Crippen LogP contribution in [0.3, 0.4) is 0 Å². The molecule has 9 heteroatoms. The Balaban J connectivity index is 1.71. The lowest BCUT2D eigenvalue weighted by molar-refractivity contribution is -0.142. The SMILES string of the molecule is O=C1OCCC1N1CCN(S(=O)(=O)c2ccc(F)c(F)c2)CC1. The van der Waals surface area contributed by atoms with Crippen molar-refractivity contribution in [3.8, 4) is 0 Å².